The van der Waals surface area contributed by atoms with Gasteiger partial charge in [0.1, 0.15) is 11.9 Å². The van der Waals surface area contributed by atoms with Crippen molar-refractivity contribution in [3.63, 3.8) is 0 Å². The van der Waals surface area contributed by atoms with Gasteiger partial charge in [0.05, 0.1) is 6.26 Å². The average Bonchev–Trinajstić information content (AvgIpc) is 2.95. The molecule has 0 bridgehead atoms. The van der Waals surface area contributed by atoms with Crippen molar-refractivity contribution < 1.29 is 9.52 Å². The van der Waals surface area contributed by atoms with Crippen LogP contribution in [-0.4, -0.2) is 5.11 Å². The number of aliphatic hydroxyl groups is 1. The summed E-state index contributed by atoms with van der Waals surface area (Å²) in [4.78, 5) is 0. The van der Waals surface area contributed by atoms with E-state index >= 15 is 0 Å². The van der Waals surface area contributed by atoms with E-state index in [4.69, 9.17) is 4.42 Å². The Morgan fingerprint density at radius 1 is 0.947 bits per heavy atom. The van der Waals surface area contributed by atoms with Gasteiger partial charge in [-0.2, -0.15) is 0 Å². The zero-order valence-electron chi connectivity index (χ0n) is 12.4. The molecule has 1 heterocycles. The van der Waals surface area contributed by atoms with E-state index in [-0.39, 0.29) is 0 Å². The van der Waals surface area contributed by atoms with Gasteiger partial charge in [0, 0.05) is 0 Å². The summed E-state index contributed by atoms with van der Waals surface area (Å²) in [5.41, 5.74) is 0. The van der Waals surface area contributed by atoms with Gasteiger partial charge in [0.2, 0.25) is 0 Å². The van der Waals surface area contributed by atoms with Crippen LogP contribution in [-0.2, 0) is 0 Å². The zero-order chi connectivity index (χ0) is 13.8. The highest BCUT2D eigenvalue weighted by atomic mass is 16.4. The van der Waals surface area contributed by atoms with E-state index in [0.29, 0.717) is 5.76 Å². The molecule has 1 N–H and O–H groups in total. The maximum Gasteiger partial charge on any atom is 0.132 e. The van der Waals surface area contributed by atoms with Crippen LogP contribution in [0.15, 0.2) is 22.8 Å². The van der Waals surface area contributed by atoms with E-state index in [2.05, 4.69) is 6.92 Å². The Balaban J connectivity index is 1.83. The quantitative estimate of drug-likeness (QED) is 0.498. The molecule has 0 spiro atoms. The first-order valence-electron chi connectivity index (χ1n) is 8.06. The highest BCUT2D eigenvalue weighted by Gasteiger charge is 2.08. The van der Waals surface area contributed by atoms with Gasteiger partial charge in [-0.05, 0) is 18.6 Å². The molecular weight excluding hydrogens is 236 g/mol. The van der Waals surface area contributed by atoms with Crippen LogP contribution >= 0.6 is 0 Å². The topological polar surface area (TPSA) is 33.4 Å². The molecule has 0 aliphatic heterocycles. The molecule has 19 heavy (non-hydrogen) atoms. The molecule has 0 aliphatic carbocycles. The van der Waals surface area contributed by atoms with Crippen molar-refractivity contribution in [2.45, 2.75) is 83.7 Å². The Labute approximate surface area is 118 Å². The molecule has 2 nitrogen and oxygen atoms in total. The summed E-state index contributed by atoms with van der Waals surface area (Å²) in [6.07, 6.45) is 15.3. The summed E-state index contributed by atoms with van der Waals surface area (Å²) in [6.45, 7) is 2.26. The minimum atomic E-state index is -0.413. The summed E-state index contributed by atoms with van der Waals surface area (Å²) in [5, 5.41) is 9.84. The first-order valence-corrected chi connectivity index (χ1v) is 8.06. The molecule has 0 aromatic carbocycles. The molecule has 1 rings (SSSR count). The summed E-state index contributed by atoms with van der Waals surface area (Å²) in [6, 6.07) is 3.68. The summed E-state index contributed by atoms with van der Waals surface area (Å²) in [7, 11) is 0. The van der Waals surface area contributed by atoms with Crippen molar-refractivity contribution in [3.05, 3.63) is 24.2 Å². The van der Waals surface area contributed by atoms with Gasteiger partial charge in [0.25, 0.3) is 0 Å². The van der Waals surface area contributed by atoms with E-state index in [1.807, 2.05) is 12.1 Å². The molecule has 1 unspecified atom stereocenters. The van der Waals surface area contributed by atoms with Crippen molar-refractivity contribution >= 4 is 0 Å². The van der Waals surface area contributed by atoms with Gasteiger partial charge in [-0.1, -0.05) is 71.1 Å². The fourth-order valence-electron chi connectivity index (χ4n) is 2.45. The lowest BCUT2D eigenvalue weighted by atomic mass is 10.0. The molecule has 0 saturated carbocycles. The van der Waals surface area contributed by atoms with Gasteiger partial charge in [-0.25, -0.2) is 0 Å². The van der Waals surface area contributed by atoms with Crippen molar-refractivity contribution in [2.24, 2.45) is 0 Å². The molecular formula is C17H30O2. The Morgan fingerprint density at radius 3 is 2.05 bits per heavy atom. The number of rotatable bonds is 12. The fraction of sp³-hybridized carbons (Fsp3) is 0.765. The van der Waals surface area contributed by atoms with Crippen LogP contribution in [0.25, 0.3) is 0 Å². The average molecular weight is 266 g/mol. The van der Waals surface area contributed by atoms with Gasteiger partial charge >= 0.3 is 0 Å². The van der Waals surface area contributed by atoms with E-state index < -0.39 is 6.10 Å². The van der Waals surface area contributed by atoms with Crippen LogP contribution < -0.4 is 0 Å². The number of hydrogen-bond acceptors (Lipinski definition) is 2. The molecule has 2 heteroatoms. The molecule has 110 valence electrons. The van der Waals surface area contributed by atoms with Crippen molar-refractivity contribution in [2.75, 3.05) is 0 Å². The fourth-order valence-corrected chi connectivity index (χ4v) is 2.45. The molecule has 1 aromatic rings. The molecule has 0 aliphatic rings. The van der Waals surface area contributed by atoms with Gasteiger partial charge in [-0.3, -0.25) is 0 Å². The van der Waals surface area contributed by atoms with E-state index in [0.717, 1.165) is 12.8 Å². The van der Waals surface area contributed by atoms with Crippen LogP contribution in [0.1, 0.15) is 89.4 Å². The minimum absolute atomic E-state index is 0.413. The Morgan fingerprint density at radius 2 is 1.53 bits per heavy atom. The Kier molecular flexibility index (Phi) is 9.52. The first-order chi connectivity index (χ1) is 9.34. The standard InChI is InChI=1S/C17H30O2/c1-2-3-4-5-6-7-8-9-10-11-13-16(18)17-14-12-15-19-17/h12,14-16,18H,2-11,13H2,1H3. The second kappa shape index (κ2) is 11.1. The summed E-state index contributed by atoms with van der Waals surface area (Å²) in [5.74, 6) is 0.705. The largest absolute Gasteiger partial charge is 0.467 e. The zero-order valence-corrected chi connectivity index (χ0v) is 12.4. The highest BCUT2D eigenvalue weighted by molar-refractivity contribution is 5.01. The van der Waals surface area contributed by atoms with Gasteiger partial charge < -0.3 is 9.52 Å². The number of aliphatic hydroxyl groups excluding tert-OH is 1. The van der Waals surface area contributed by atoms with Crippen LogP contribution in [0, 0.1) is 0 Å². The SMILES string of the molecule is CCCCCCCCCCCCC(O)c1ccco1. The third-order valence-corrected chi connectivity index (χ3v) is 3.70. The van der Waals surface area contributed by atoms with Gasteiger partial charge in [-0.15, -0.1) is 0 Å². The first kappa shape index (κ1) is 16.3. The van der Waals surface area contributed by atoms with Gasteiger partial charge in [0.15, 0.2) is 0 Å². The van der Waals surface area contributed by atoms with Crippen molar-refractivity contribution in [1.82, 2.24) is 0 Å². The van der Waals surface area contributed by atoms with Crippen LogP contribution in [0.4, 0.5) is 0 Å². The Hall–Kier alpha value is -0.760. The van der Waals surface area contributed by atoms with Crippen LogP contribution in [0.3, 0.4) is 0 Å². The molecule has 0 fully saturated rings. The second-order valence-electron chi connectivity index (χ2n) is 5.50. The van der Waals surface area contributed by atoms with E-state index in [9.17, 15) is 5.11 Å². The number of furan rings is 1. The maximum absolute atomic E-state index is 9.84. The predicted octanol–water partition coefficient (Wildman–Crippen LogP) is 5.62. The normalized spacial score (nSPS) is 12.7. The monoisotopic (exact) mass is 266 g/mol. The van der Waals surface area contributed by atoms with E-state index in [1.165, 1.54) is 57.8 Å². The molecule has 0 amide bonds. The predicted molar refractivity (Wildman–Crippen MR) is 80.1 cm³/mol. The lowest BCUT2D eigenvalue weighted by Gasteiger charge is -2.07. The second-order valence-corrected chi connectivity index (χ2v) is 5.50. The van der Waals surface area contributed by atoms with Crippen LogP contribution in [0.2, 0.25) is 0 Å². The summed E-state index contributed by atoms with van der Waals surface area (Å²) < 4.78 is 5.19. The Bertz CT molecular complexity index is 279. The van der Waals surface area contributed by atoms with E-state index in [1.54, 1.807) is 6.26 Å². The maximum atomic E-state index is 9.84. The molecule has 0 radical (unpaired) electrons. The third kappa shape index (κ3) is 8.10. The molecule has 0 saturated heterocycles. The third-order valence-electron chi connectivity index (χ3n) is 3.70. The number of hydrogen-bond donors (Lipinski definition) is 1. The van der Waals surface area contributed by atoms with Crippen LogP contribution in [0.5, 0.6) is 0 Å². The lowest BCUT2D eigenvalue weighted by Crippen LogP contribution is -1.95. The highest BCUT2D eigenvalue weighted by Crippen LogP contribution is 2.20. The smallest absolute Gasteiger partial charge is 0.132 e. The van der Waals surface area contributed by atoms with Crippen molar-refractivity contribution in [1.29, 1.82) is 0 Å². The van der Waals surface area contributed by atoms with Crippen molar-refractivity contribution in [3.8, 4) is 0 Å². The number of unbranched alkanes of at least 4 members (excludes halogenated alkanes) is 9. The summed E-state index contributed by atoms with van der Waals surface area (Å²) >= 11 is 0. The minimum Gasteiger partial charge on any atom is -0.467 e. The molecule has 1 aromatic heterocycles. The molecule has 1 atom stereocenters. The lowest BCUT2D eigenvalue weighted by molar-refractivity contribution is 0.136.